The Morgan fingerprint density at radius 1 is 0.970 bits per heavy atom. The molecule has 0 unspecified atom stereocenters. The zero-order valence-corrected chi connectivity index (χ0v) is 21.0. The van der Waals surface area contributed by atoms with Gasteiger partial charge in [0.1, 0.15) is 11.3 Å². The Morgan fingerprint density at radius 2 is 1.61 bits per heavy atom. The minimum atomic E-state index is -0.368. The summed E-state index contributed by atoms with van der Waals surface area (Å²) in [5.74, 6) is 1.85. The number of ether oxygens (including phenoxy) is 4. The summed E-state index contributed by atoms with van der Waals surface area (Å²) in [6.07, 6.45) is 0.899. The van der Waals surface area contributed by atoms with E-state index < -0.39 is 0 Å². The highest BCUT2D eigenvalue weighted by Crippen LogP contribution is 2.39. The maximum absolute atomic E-state index is 13.3. The third-order valence-electron chi connectivity index (χ3n) is 5.01. The van der Waals surface area contributed by atoms with Gasteiger partial charge in [0.25, 0.3) is 5.91 Å². The fraction of sp³-hybridized carbons (Fsp3) is 0.440. The number of aryl methyl sites for hydroxylation is 2. The van der Waals surface area contributed by atoms with Gasteiger partial charge in [0.15, 0.2) is 16.3 Å². The summed E-state index contributed by atoms with van der Waals surface area (Å²) >= 11 is 1.49. The van der Waals surface area contributed by atoms with Crippen molar-refractivity contribution in [2.24, 2.45) is 4.99 Å². The number of hydrogen-bond acceptors (Lipinski definition) is 6. The van der Waals surface area contributed by atoms with E-state index in [1.807, 2.05) is 32.9 Å². The molecule has 0 aliphatic rings. The van der Waals surface area contributed by atoms with E-state index in [2.05, 4.69) is 23.4 Å². The van der Waals surface area contributed by atoms with Gasteiger partial charge in [-0.1, -0.05) is 24.3 Å². The average molecular weight is 473 g/mol. The monoisotopic (exact) mass is 472 g/mol. The van der Waals surface area contributed by atoms with Crippen LogP contribution in [0.3, 0.4) is 0 Å². The van der Waals surface area contributed by atoms with Gasteiger partial charge in [-0.3, -0.25) is 4.79 Å². The molecule has 1 heterocycles. The molecule has 0 aliphatic carbocycles. The average Bonchev–Trinajstić information content (AvgIpc) is 3.15. The summed E-state index contributed by atoms with van der Waals surface area (Å²) in [6.45, 7) is 11.9. The number of benzene rings is 2. The summed E-state index contributed by atoms with van der Waals surface area (Å²) in [5, 5.41) is 0. The molecule has 2 aromatic carbocycles. The summed E-state index contributed by atoms with van der Waals surface area (Å²) in [7, 11) is 1.66. The topological polar surface area (TPSA) is 71.3 Å². The first kappa shape index (κ1) is 24.6. The van der Waals surface area contributed by atoms with Crippen LogP contribution in [0.4, 0.5) is 0 Å². The van der Waals surface area contributed by atoms with Crippen molar-refractivity contribution >= 4 is 27.5 Å². The number of thiazole rings is 1. The Kier molecular flexibility index (Phi) is 8.38. The van der Waals surface area contributed by atoms with Gasteiger partial charge in [0.05, 0.1) is 31.6 Å². The number of carbonyl (C=O) groups excluding carboxylic acids is 1. The number of hydrogen-bond donors (Lipinski definition) is 0. The van der Waals surface area contributed by atoms with Gasteiger partial charge >= 0.3 is 0 Å². The van der Waals surface area contributed by atoms with E-state index >= 15 is 0 Å². The molecule has 1 amide bonds. The van der Waals surface area contributed by atoms with Crippen LogP contribution in [0.25, 0.3) is 10.2 Å². The molecule has 1 aromatic heterocycles. The van der Waals surface area contributed by atoms with Crippen LogP contribution in [0.15, 0.2) is 29.3 Å². The van der Waals surface area contributed by atoms with Gasteiger partial charge < -0.3 is 23.5 Å². The van der Waals surface area contributed by atoms with Crippen LogP contribution < -0.4 is 23.7 Å². The van der Waals surface area contributed by atoms with Gasteiger partial charge in [0, 0.05) is 12.1 Å². The Hall–Kier alpha value is -3.00. The van der Waals surface area contributed by atoms with Gasteiger partial charge in [-0.25, -0.2) is 0 Å². The first-order valence-electron chi connectivity index (χ1n) is 11.3. The highest BCUT2D eigenvalue weighted by Gasteiger charge is 2.19. The van der Waals surface area contributed by atoms with Crippen molar-refractivity contribution in [3.63, 3.8) is 0 Å². The lowest BCUT2D eigenvalue weighted by molar-refractivity contribution is 0.0996. The molecule has 8 heteroatoms. The van der Waals surface area contributed by atoms with E-state index in [1.165, 1.54) is 11.3 Å². The van der Waals surface area contributed by atoms with E-state index in [4.69, 9.17) is 18.9 Å². The second kappa shape index (κ2) is 11.2. The molecular weight excluding hydrogens is 440 g/mol. The smallest absolute Gasteiger partial charge is 0.279 e. The number of amides is 1. The van der Waals surface area contributed by atoms with Crippen LogP contribution in [0, 0.1) is 6.92 Å². The number of carbonyl (C=O) groups is 1. The zero-order valence-electron chi connectivity index (χ0n) is 20.2. The first-order valence-corrected chi connectivity index (χ1v) is 12.1. The van der Waals surface area contributed by atoms with E-state index in [9.17, 15) is 4.79 Å². The number of aromatic nitrogens is 1. The number of rotatable bonds is 10. The van der Waals surface area contributed by atoms with Crippen molar-refractivity contribution in [2.45, 2.75) is 47.6 Å². The predicted molar refractivity (Wildman–Crippen MR) is 131 cm³/mol. The minimum absolute atomic E-state index is 0.368. The van der Waals surface area contributed by atoms with Crippen LogP contribution in [0.1, 0.15) is 50.0 Å². The molecule has 0 atom stereocenters. The fourth-order valence-electron chi connectivity index (χ4n) is 3.62. The van der Waals surface area contributed by atoms with Crippen LogP contribution in [0.2, 0.25) is 0 Å². The molecule has 7 nitrogen and oxygen atoms in total. The third-order valence-corrected chi connectivity index (χ3v) is 6.22. The predicted octanol–water partition coefficient (Wildman–Crippen LogP) is 5.37. The lowest BCUT2D eigenvalue weighted by atomic mass is 10.1. The Balaban J connectivity index is 2.19. The SMILES string of the molecule is CCCn1c(=NC(=O)c2cc(OCC)c(OCC)c(OCC)c2)sc2c(C)ccc(OC)c21. The number of fused-ring (bicyclic) bond motifs is 1. The molecule has 3 rings (SSSR count). The maximum atomic E-state index is 13.3. The van der Waals surface area contributed by atoms with E-state index in [0.29, 0.717) is 47.4 Å². The quantitative estimate of drug-likeness (QED) is 0.397. The molecule has 0 radical (unpaired) electrons. The Morgan fingerprint density at radius 3 is 2.15 bits per heavy atom. The molecular formula is C25H32N2O5S. The van der Waals surface area contributed by atoms with Crippen molar-refractivity contribution in [1.29, 1.82) is 0 Å². The summed E-state index contributed by atoms with van der Waals surface area (Å²) in [5.41, 5.74) is 2.47. The zero-order chi connectivity index (χ0) is 24.0. The molecule has 0 aliphatic heterocycles. The summed E-state index contributed by atoms with van der Waals surface area (Å²) in [4.78, 5) is 18.5. The molecule has 3 aromatic rings. The van der Waals surface area contributed by atoms with Crippen molar-refractivity contribution in [2.75, 3.05) is 26.9 Å². The standard InChI is InChI=1S/C25H32N2O5S/c1-7-13-27-21-18(29-6)12-11-16(5)23(21)33-25(27)26-24(28)17-14-19(30-8-2)22(32-10-4)20(15-17)31-9-3/h11-12,14-15H,7-10,13H2,1-6H3. The van der Waals surface area contributed by atoms with Crippen LogP contribution in [0.5, 0.6) is 23.0 Å². The largest absolute Gasteiger partial charge is 0.495 e. The number of methoxy groups -OCH3 is 1. The van der Waals surface area contributed by atoms with Crippen molar-refractivity contribution in [3.05, 3.63) is 40.2 Å². The van der Waals surface area contributed by atoms with Crippen molar-refractivity contribution in [1.82, 2.24) is 4.57 Å². The summed E-state index contributed by atoms with van der Waals surface area (Å²) in [6, 6.07) is 7.32. The second-order valence-electron chi connectivity index (χ2n) is 7.32. The van der Waals surface area contributed by atoms with Crippen molar-refractivity contribution < 1.29 is 23.7 Å². The highest BCUT2D eigenvalue weighted by atomic mass is 32.1. The normalized spacial score (nSPS) is 11.6. The Bertz CT molecular complexity index is 1170. The number of nitrogens with zero attached hydrogens (tertiary/aromatic N) is 2. The lowest BCUT2D eigenvalue weighted by Gasteiger charge is -2.16. The maximum Gasteiger partial charge on any atom is 0.279 e. The molecule has 0 spiro atoms. The molecule has 178 valence electrons. The van der Waals surface area contributed by atoms with Gasteiger partial charge in [-0.2, -0.15) is 4.99 Å². The molecule has 0 bridgehead atoms. The first-order chi connectivity index (χ1) is 16.0. The lowest BCUT2D eigenvalue weighted by Crippen LogP contribution is -2.17. The van der Waals surface area contributed by atoms with Crippen LogP contribution >= 0.6 is 11.3 Å². The molecule has 0 fully saturated rings. The van der Waals surface area contributed by atoms with Crippen LogP contribution in [-0.2, 0) is 6.54 Å². The molecule has 0 N–H and O–H groups in total. The van der Waals surface area contributed by atoms with E-state index in [-0.39, 0.29) is 5.91 Å². The molecule has 33 heavy (non-hydrogen) atoms. The van der Waals surface area contributed by atoms with E-state index in [1.54, 1.807) is 19.2 Å². The van der Waals surface area contributed by atoms with Gasteiger partial charge in [0.2, 0.25) is 5.75 Å². The van der Waals surface area contributed by atoms with Gasteiger partial charge in [-0.05, 0) is 57.9 Å². The summed E-state index contributed by atoms with van der Waals surface area (Å²) < 4.78 is 26.0. The third kappa shape index (κ3) is 5.16. The second-order valence-corrected chi connectivity index (χ2v) is 8.29. The fourth-order valence-corrected chi connectivity index (χ4v) is 4.76. The van der Waals surface area contributed by atoms with E-state index in [0.717, 1.165) is 34.5 Å². The minimum Gasteiger partial charge on any atom is -0.495 e. The molecule has 0 saturated carbocycles. The highest BCUT2D eigenvalue weighted by molar-refractivity contribution is 7.16. The Labute approximate surface area is 198 Å². The van der Waals surface area contributed by atoms with Crippen LogP contribution in [-0.4, -0.2) is 37.4 Å². The molecule has 0 saturated heterocycles. The van der Waals surface area contributed by atoms with Crippen molar-refractivity contribution in [3.8, 4) is 23.0 Å². The van der Waals surface area contributed by atoms with Gasteiger partial charge in [-0.15, -0.1) is 0 Å².